The third-order valence-electron chi connectivity index (χ3n) is 3.90. The summed E-state index contributed by atoms with van der Waals surface area (Å²) in [6.45, 7) is 8.09. The first-order valence-corrected chi connectivity index (χ1v) is 8.46. The van der Waals surface area contributed by atoms with E-state index in [2.05, 4.69) is 17.3 Å². The van der Waals surface area contributed by atoms with Crippen molar-refractivity contribution in [1.82, 2.24) is 15.1 Å². The summed E-state index contributed by atoms with van der Waals surface area (Å²) in [5.74, 6) is 0.510. The monoisotopic (exact) mass is 343 g/mol. The number of hydrogen-bond acceptors (Lipinski definition) is 4. The first-order valence-electron chi connectivity index (χ1n) is 8.46. The summed E-state index contributed by atoms with van der Waals surface area (Å²) < 4.78 is 7.11. The second-order valence-corrected chi connectivity index (χ2v) is 6.20. The number of aryl methyl sites for hydroxylation is 2. The topological polar surface area (TPSA) is 73.2 Å². The molecule has 0 saturated carbocycles. The Kier molecular flexibility index (Phi) is 6.33. The van der Waals surface area contributed by atoms with E-state index < -0.39 is 0 Å². The smallest absolute Gasteiger partial charge is 0.267 e. The van der Waals surface area contributed by atoms with Gasteiger partial charge in [0.2, 0.25) is 5.91 Å². The van der Waals surface area contributed by atoms with Crippen LogP contribution in [-0.2, 0) is 17.9 Å². The van der Waals surface area contributed by atoms with Crippen LogP contribution in [0.4, 0.5) is 0 Å². The van der Waals surface area contributed by atoms with Crippen LogP contribution >= 0.6 is 0 Å². The van der Waals surface area contributed by atoms with E-state index in [4.69, 9.17) is 4.74 Å². The van der Waals surface area contributed by atoms with E-state index in [9.17, 15) is 9.59 Å². The van der Waals surface area contributed by atoms with Gasteiger partial charge in [0.25, 0.3) is 5.56 Å². The molecule has 0 aliphatic carbocycles. The minimum Gasteiger partial charge on any atom is -0.490 e. The minimum absolute atomic E-state index is 0.103. The van der Waals surface area contributed by atoms with Gasteiger partial charge < -0.3 is 10.1 Å². The van der Waals surface area contributed by atoms with Crippen molar-refractivity contribution < 1.29 is 9.53 Å². The standard InChI is InChI=1S/C19H25N3O3/c1-5-15(4)25-17-10-13(2)6-8-16(17)11-20-18(23)12-22-19(24)9-7-14(3)21-22/h6-10,15H,5,11-12H2,1-4H3,(H,20,23)/t15-/m0/s1. The number of ether oxygens (including phenoxy) is 1. The van der Waals surface area contributed by atoms with Gasteiger partial charge in [-0.2, -0.15) is 5.10 Å². The van der Waals surface area contributed by atoms with Gasteiger partial charge in [-0.25, -0.2) is 4.68 Å². The fourth-order valence-corrected chi connectivity index (χ4v) is 2.27. The van der Waals surface area contributed by atoms with Crippen molar-refractivity contribution in [3.63, 3.8) is 0 Å². The van der Waals surface area contributed by atoms with Crippen molar-refractivity contribution in [2.75, 3.05) is 0 Å². The fraction of sp³-hybridized carbons (Fsp3) is 0.421. The molecule has 1 aromatic carbocycles. The van der Waals surface area contributed by atoms with Gasteiger partial charge in [-0.15, -0.1) is 0 Å². The average Bonchev–Trinajstić information content (AvgIpc) is 2.57. The van der Waals surface area contributed by atoms with Crippen LogP contribution in [0.25, 0.3) is 0 Å². The number of carbonyl (C=O) groups is 1. The molecular weight excluding hydrogens is 318 g/mol. The van der Waals surface area contributed by atoms with Crippen molar-refractivity contribution in [2.45, 2.75) is 53.3 Å². The number of amides is 1. The molecule has 25 heavy (non-hydrogen) atoms. The van der Waals surface area contributed by atoms with Crippen LogP contribution in [0.1, 0.15) is 37.1 Å². The molecule has 0 radical (unpaired) electrons. The van der Waals surface area contributed by atoms with Crippen LogP contribution in [0.5, 0.6) is 5.75 Å². The Morgan fingerprint density at radius 2 is 2.04 bits per heavy atom. The van der Waals surface area contributed by atoms with Gasteiger partial charge in [0, 0.05) is 18.2 Å². The number of hydrogen-bond donors (Lipinski definition) is 1. The summed E-state index contributed by atoms with van der Waals surface area (Å²) in [4.78, 5) is 23.9. The van der Waals surface area contributed by atoms with Crippen LogP contribution < -0.4 is 15.6 Å². The molecule has 0 saturated heterocycles. The maximum Gasteiger partial charge on any atom is 0.267 e. The molecule has 0 fully saturated rings. The molecule has 0 unspecified atom stereocenters. The van der Waals surface area contributed by atoms with Gasteiger partial charge in [-0.1, -0.05) is 19.1 Å². The zero-order valence-electron chi connectivity index (χ0n) is 15.2. The Labute approximate surface area is 147 Å². The molecule has 0 aliphatic rings. The van der Waals surface area contributed by atoms with E-state index in [1.807, 2.05) is 32.0 Å². The lowest BCUT2D eigenvalue weighted by Crippen LogP contribution is -2.33. The quantitative estimate of drug-likeness (QED) is 0.837. The molecule has 6 heteroatoms. The molecule has 6 nitrogen and oxygen atoms in total. The average molecular weight is 343 g/mol. The summed E-state index contributed by atoms with van der Waals surface area (Å²) in [6, 6.07) is 8.94. The zero-order valence-corrected chi connectivity index (χ0v) is 15.2. The molecule has 1 amide bonds. The highest BCUT2D eigenvalue weighted by molar-refractivity contribution is 5.75. The first kappa shape index (κ1) is 18.7. The minimum atomic E-state index is -0.295. The molecule has 1 N–H and O–H groups in total. The van der Waals surface area contributed by atoms with E-state index in [0.29, 0.717) is 12.2 Å². The normalized spacial score (nSPS) is 11.8. The lowest BCUT2D eigenvalue weighted by atomic mass is 10.1. The van der Waals surface area contributed by atoms with Gasteiger partial charge in [-0.3, -0.25) is 9.59 Å². The molecule has 1 aromatic heterocycles. The van der Waals surface area contributed by atoms with Gasteiger partial charge in [0.1, 0.15) is 12.3 Å². The van der Waals surface area contributed by atoms with Gasteiger partial charge in [0.15, 0.2) is 0 Å². The highest BCUT2D eigenvalue weighted by Gasteiger charge is 2.10. The molecule has 134 valence electrons. The zero-order chi connectivity index (χ0) is 18.4. The Morgan fingerprint density at radius 1 is 1.28 bits per heavy atom. The van der Waals surface area contributed by atoms with E-state index >= 15 is 0 Å². The van der Waals surface area contributed by atoms with E-state index in [1.54, 1.807) is 13.0 Å². The molecule has 0 bridgehead atoms. The third kappa shape index (κ3) is 5.45. The van der Waals surface area contributed by atoms with Gasteiger partial charge in [0.05, 0.1) is 11.8 Å². The number of rotatable bonds is 7. The van der Waals surface area contributed by atoms with Crippen molar-refractivity contribution >= 4 is 5.91 Å². The lowest BCUT2D eigenvalue weighted by Gasteiger charge is -2.17. The number of benzene rings is 1. The van der Waals surface area contributed by atoms with Crippen molar-refractivity contribution in [3.8, 4) is 5.75 Å². The molecular formula is C19H25N3O3. The maximum atomic E-state index is 12.2. The van der Waals surface area contributed by atoms with Crippen molar-refractivity contribution in [3.05, 3.63) is 57.5 Å². The predicted molar refractivity (Wildman–Crippen MR) is 96.6 cm³/mol. The molecule has 0 spiro atoms. The summed E-state index contributed by atoms with van der Waals surface area (Å²) in [5, 5.41) is 6.89. The Hall–Kier alpha value is -2.63. The number of carbonyl (C=O) groups excluding carboxylic acids is 1. The molecule has 1 atom stereocenters. The summed E-state index contributed by atoms with van der Waals surface area (Å²) in [6.07, 6.45) is 1.01. The Morgan fingerprint density at radius 3 is 2.76 bits per heavy atom. The summed E-state index contributed by atoms with van der Waals surface area (Å²) in [7, 11) is 0. The SMILES string of the molecule is CC[C@H](C)Oc1cc(C)ccc1CNC(=O)Cn1nc(C)ccc1=O. The van der Waals surface area contributed by atoms with Crippen LogP contribution in [0, 0.1) is 13.8 Å². The van der Waals surface area contributed by atoms with E-state index in [0.717, 1.165) is 28.0 Å². The molecule has 2 aromatic rings. The van der Waals surface area contributed by atoms with E-state index in [-0.39, 0.29) is 24.1 Å². The van der Waals surface area contributed by atoms with Crippen molar-refractivity contribution in [2.24, 2.45) is 0 Å². The maximum absolute atomic E-state index is 12.2. The predicted octanol–water partition coefficient (Wildman–Crippen LogP) is 2.35. The Bertz CT molecular complexity index is 799. The van der Waals surface area contributed by atoms with Crippen LogP contribution in [0.2, 0.25) is 0 Å². The van der Waals surface area contributed by atoms with Crippen LogP contribution in [0.15, 0.2) is 35.1 Å². The van der Waals surface area contributed by atoms with Gasteiger partial charge in [-0.05, 0) is 44.9 Å². The largest absolute Gasteiger partial charge is 0.490 e. The first-order chi connectivity index (χ1) is 11.9. The fourth-order valence-electron chi connectivity index (χ4n) is 2.27. The van der Waals surface area contributed by atoms with Crippen LogP contribution in [0.3, 0.4) is 0 Å². The van der Waals surface area contributed by atoms with Crippen LogP contribution in [-0.4, -0.2) is 21.8 Å². The van der Waals surface area contributed by atoms with E-state index in [1.165, 1.54) is 6.07 Å². The Balaban J connectivity index is 2.04. The van der Waals surface area contributed by atoms with Crippen molar-refractivity contribution in [1.29, 1.82) is 0 Å². The molecule has 0 aliphatic heterocycles. The molecule has 1 heterocycles. The number of nitrogens with zero attached hydrogens (tertiary/aromatic N) is 2. The molecule has 2 rings (SSSR count). The number of aromatic nitrogens is 2. The van der Waals surface area contributed by atoms with Gasteiger partial charge >= 0.3 is 0 Å². The highest BCUT2D eigenvalue weighted by atomic mass is 16.5. The lowest BCUT2D eigenvalue weighted by molar-refractivity contribution is -0.122. The highest BCUT2D eigenvalue weighted by Crippen LogP contribution is 2.22. The second-order valence-electron chi connectivity index (χ2n) is 6.20. The second kappa shape index (κ2) is 8.46. The third-order valence-corrected chi connectivity index (χ3v) is 3.90. The summed E-state index contributed by atoms with van der Waals surface area (Å²) in [5.41, 5.74) is 2.40. The summed E-state index contributed by atoms with van der Waals surface area (Å²) >= 11 is 0. The number of nitrogens with one attached hydrogen (secondary N) is 1.